The third kappa shape index (κ3) is 2.50. The van der Waals surface area contributed by atoms with Crippen molar-refractivity contribution in [3.8, 4) is 5.69 Å². The molecule has 0 spiro atoms. The Labute approximate surface area is 120 Å². The minimum atomic E-state index is 0.238. The van der Waals surface area contributed by atoms with Crippen LogP contribution in [-0.2, 0) is 0 Å². The smallest absolute Gasteiger partial charge is 0.0648 e. The van der Waals surface area contributed by atoms with E-state index in [9.17, 15) is 0 Å². The molecule has 2 atom stereocenters. The lowest BCUT2D eigenvalue weighted by molar-refractivity contribution is 0.195. The van der Waals surface area contributed by atoms with Crippen molar-refractivity contribution in [3.63, 3.8) is 0 Å². The van der Waals surface area contributed by atoms with Gasteiger partial charge in [-0.15, -0.1) is 0 Å². The summed E-state index contributed by atoms with van der Waals surface area (Å²) in [5.41, 5.74) is 9.13. The van der Waals surface area contributed by atoms with E-state index in [0.29, 0.717) is 11.3 Å². The Morgan fingerprint density at radius 3 is 2.70 bits per heavy atom. The van der Waals surface area contributed by atoms with Crippen LogP contribution in [0.5, 0.6) is 0 Å². The molecule has 0 aliphatic heterocycles. The molecule has 0 bridgehead atoms. The normalized spacial score (nSPS) is 25.6. The standard InChI is InChI=1S/C17H23N3/c1-17(2)10-8-15(18)14(12-17)16-9-11-19-20(16)13-6-4-3-5-7-13/h3-7,9,11,14-15H,8,10,12,18H2,1-2H3. The van der Waals surface area contributed by atoms with Crippen molar-refractivity contribution in [2.45, 2.75) is 45.1 Å². The van der Waals surface area contributed by atoms with Crippen LogP contribution in [0, 0.1) is 5.41 Å². The van der Waals surface area contributed by atoms with Crippen molar-refractivity contribution in [2.75, 3.05) is 0 Å². The first-order valence-corrected chi connectivity index (χ1v) is 7.42. The fourth-order valence-electron chi connectivity index (χ4n) is 3.31. The molecule has 2 unspecified atom stereocenters. The largest absolute Gasteiger partial charge is 0.327 e. The first-order chi connectivity index (χ1) is 9.57. The van der Waals surface area contributed by atoms with Gasteiger partial charge in [0.25, 0.3) is 0 Å². The minimum Gasteiger partial charge on any atom is -0.327 e. The van der Waals surface area contributed by atoms with Crippen LogP contribution < -0.4 is 5.73 Å². The Bertz CT molecular complexity index is 571. The lowest BCUT2D eigenvalue weighted by Crippen LogP contribution is -2.38. The summed E-state index contributed by atoms with van der Waals surface area (Å²) in [5.74, 6) is 0.390. The zero-order valence-electron chi connectivity index (χ0n) is 12.3. The first kappa shape index (κ1) is 13.4. The number of para-hydroxylation sites is 1. The van der Waals surface area contributed by atoms with Crippen LogP contribution >= 0.6 is 0 Å². The summed E-state index contributed by atoms with van der Waals surface area (Å²) in [6, 6.07) is 12.7. The first-order valence-electron chi connectivity index (χ1n) is 7.42. The Hall–Kier alpha value is -1.61. The maximum atomic E-state index is 6.40. The monoisotopic (exact) mass is 269 g/mol. The van der Waals surface area contributed by atoms with Gasteiger partial charge in [0.1, 0.15) is 0 Å². The maximum Gasteiger partial charge on any atom is 0.0648 e. The number of hydrogen-bond acceptors (Lipinski definition) is 2. The number of hydrogen-bond donors (Lipinski definition) is 1. The number of rotatable bonds is 2. The summed E-state index contributed by atoms with van der Waals surface area (Å²) in [6.07, 6.45) is 5.32. The highest BCUT2D eigenvalue weighted by atomic mass is 15.3. The molecule has 106 valence electrons. The van der Waals surface area contributed by atoms with Gasteiger partial charge < -0.3 is 5.73 Å². The molecule has 3 rings (SSSR count). The van der Waals surface area contributed by atoms with Gasteiger partial charge in [0, 0.05) is 23.9 Å². The van der Waals surface area contributed by atoms with E-state index in [1.54, 1.807) is 0 Å². The average molecular weight is 269 g/mol. The zero-order valence-corrected chi connectivity index (χ0v) is 12.3. The van der Waals surface area contributed by atoms with E-state index in [-0.39, 0.29) is 6.04 Å². The highest BCUT2D eigenvalue weighted by Crippen LogP contribution is 2.43. The Kier molecular flexibility index (Phi) is 3.38. The van der Waals surface area contributed by atoms with Crippen LogP contribution in [0.4, 0.5) is 0 Å². The summed E-state index contributed by atoms with van der Waals surface area (Å²) in [4.78, 5) is 0. The van der Waals surface area contributed by atoms with Gasteiger partial charge in [0.15, 0.2) is 0 Å². The van der Waals surface area contributed by atoms with E-state index in [1.807, 2.05) is 29.1 Å². The third-order valence-electron chi connectivity index (χ3n) is 4.50. The molecule has 2 aromatic rings. The van der Waals surface area contributed by atoms with Gasteiger partial charge in [-0.1, -0.05) is 32.0 Å². The molecule has 1 aromatic heterocycles. The SMILES string of the molecule is CC1(C)CCC(N)C(c2ccnn2-c2ccccc2)C1. The lowest BCUT2D eigenvalue weighted by atomic mass is 9.69. The van der Waals surface area contributed by atoms with Crippen LogP contribution in [0.3, 0.4) is 0 Å². The molecule has 1 aromatic carbocycles. The number of aromatic nitrogens is 2. The minimum absolute atomic E-state index is 0.238. The second-order valence-electron chi connectivity index (χ2n) is 6.68. The van der Waals surface area contributed by atoms with Crippen LogP contribution in [-0.4, -0.2) is 15.8 Å². The van der Waals surface area contributed by atoms with E-state index < -0.39 is 0 Å². The number of benzene rings is 1. The molecule has 1 heterocycles. The summed E-state index contributed by atoms with van der Waals surface area (Å²) in [7, 11) is 0. The molecule has 1 fully saturated rings. The topological polar surface area (TPSA) is 43.8 Å². The Balaban J connectivity index is 1.97. The van der Waals surface area contributed by atoms with Gasteiger partial charge in [-0.05, 0) is 42.9 Å². The molecule has 0 radical (unpaired) electrons. The van der Waals surface area contributed by atoms with Crippen LogP contribution in [0.1, 0.15) is 44.7 Å². The predicted molar refractivity (Wildman–Crippen MR) is 81.9 cm³/mol. The zero-order chi connectivity index (χ0) is 14.2. The van der Waals surface area contributed by atoms with E-state index in [0.717, 1.165) is 18.5 Å². The molecule has 0 saturated heterocycles. The van der Waals surface area contributed by atoms with E-state index in [1.165, 1.54) is 12.1 Å². The van der Waals surface area contributed by atoms with Crippen molar-refractivity contribution < 1.29 is 0 Å². The highest BCUT2D eigenvalue weighted by Gasteiger charge is 2.35. The summed E-state index contributed by atoms with van der Waals surface area (Å²) >= 11 is 0. The van der Waals surface area contributed by atoms with Gasteiger partial charge in [0.2, 0.25) is 0 Å². The molecular weight excluding hydrogens is 246 g/mol. The van der Waals surface area contributed by atoms with Gasteiger partial charge >= 0.3 is 0 Å². The predicted octanol–water partition coefficient (Wildman–Crippen LogP) is 3.49. The van der Waals surface area contributed by atoms with Crippen LogP contribution in [0.25, 0.3) is 5.69 Å². The average Bonchev–Trinajstić information content (AvgIpc) is 2.92. The van der Waals surface area contributed by atoms with Crippen molar-refractivity contribution >= 4 is 0 Å². The highest BCUT2D eigenvalue weighted by molar-refractivity contribution is 5.33. The van der Waals surface area contributed by atoms with Gasteiger partial charge in [-0.25, -0.2) is 4.68 Å². The van der Waals surface area contributed by atoms with Crippen molar-refractivity contribution in [1.29, 1.82) is 0 Å². The van der Waals surface area contributed by atoms with E-state index >= 15 is 0 Å². The molecule has 3 heteroatoms. The molecule has 1 saturated carbocycles. The quantitative estimate of drug-likeness (QED) is 0.907. The molecule has 3 nitrogen and oxygen atoms in total. The molecule has 0 amide bonds. The lowest BCUT2D eigenvalue weighted by Gasteiger charge is -2.39. The van der Waals surface area contributed by atoms with Crippen LogP contribution in [0.2, 0.25) is 0 Å². The summed E-state index contributed by atoms with van der Waals surface area (Å²) in [6.45, 7) is 4.68. The fourth-order valence-corrected chi connectivity index (χ4v) is 3.31. The number of nitrogens with two attached hydrogens (primary N) is 1. The summed E-state index contributed by atoms with van der Waals surface area (Å²) in [5, 5.41) is 4.50. The second kappa shape index (κ2) is 5.06. The molecule has 20 heavy (non-hydrogen) atoms. The summed E-state index contributed by atoms with van der Waals surface area (Å²) < 4.78 is 2.05. The Morgan fingerprint density at radius 1 is 1.20 bits per heavy atom. The van der Waals surface area contributed by atoms with E-state index in [2.05, 4.69) is 37.1 Å². The van der Waals surface area contributed by atoms with Crippen LogP contribution in [0.15, 0.2) is 42.6 Å². The molecule has 1 aliphatic carbocycles. The van der Waals surface area contributed by atoms with E-state index in [4.69, 9.17) is 5.73 Å². The van der Waals surface area contributed by atoms with Crippen molar-refractivity contribution in [2.24, 2.45) is 11.1 Å². The third-order valence-corrected chi connectivity index (χ3v) is 4.50. The molecule has 2 N–H and O–H groups in total. The van der Waals surface area contributed by atoms with Crippen molar-refractivity contribution in [3.05, 3.63) is 48.3 Å². The maximum absolute atomic E-state index is 6.40. The fraction of sp³-hybridized carbons (Fsp3) is 0.471. The van der Waals surface area contributed by atoms with Gasteiger partial charge in [0.05, 0.1) is 5.69 Å². The number of nitrogens with zero attached hydrogens (tertiary/aromatic N) is 2. The van der Waals surface area contributed by atoms with Gasteiger partial charge in [-0.2, -0.15) is 5.10 Å². The molecular formula is C17H23N3. The second-order valence-corrected chi connectivity index (χ2v) is 6.68. The van der Waals surface area contributed by atoms with Gasteiger partial charge in [-0.3, -0.25) is 0 Å². The molecule has 1 aliphatic rings. The van der Waals surface area contributed by atoms with Crippen molar-refractivity contribution in [1.82, 2.24) is 9.78 Å². The Morgan fingerprint density at radius 2 is 1.95 bits per heavy atom.